The number of Topliss-reactive ketones (excluding diaryl/α,β-unsaturated/α-hetero) is 1. The first-order chi connectivity index (χ1) is 14.7. The first-order valence-corrected chi connectivity index (χ1v) is 10.5. The predicted octanol–water partition coefficient (Wildman–Crippen LogP) is 4.74. The molecule has 8 heteroatoms. The second kappa shape index (κ2) is 8.11. The van der Waals surface area contributed by atoms with Gasteiger partial charge >= 0.3 is 6.03 Å². The topological polar surface area (TPSA) is 67.4 Å². The van der Waals surface area contributed by atoms with E-state index in [9.17, 15) is 18.4 Å². The fourth-order valence-corrected chi connectivity index (χ4v) is 4.45. The third kappa shape index (κ3) is 4.11. The summed E-state index contributed by atoms with van der Waals surface area (Å²) in [5, 5.41) is 6.20. The molecule has 0 bridgehead atoms. The van der Waals surface area contributed by atoms with E-state index in [2.05, 4.69) is 10.6 Å². The lowest BCUT2D eigenvalue weighted by atomic mass is 9.92. The van der Waals surface area contributed by atoms with E-state index >= 15 is 0 Å². The fraction of sp³-hybridized carbons (Fsp3) is 0.391. The second-order valence-electron chi connectivity index (χ2n) is 8.24. The van der Waals surface area contributed by atoms with Gasteiger partial charge in [-0.15, -0.1) is 0 Å². The van der Waals surface area contributed by atoms with E-state index in [1.807, 2.05) is 25.1 Å². The number of halogens is 3. The van der Waals surface area contributed by atoms with E-state index in [4.69, 9.17) is 16.3 Å². The van der Waals surface area contributed by atoms with Crippen LogP contribution in [0.1, 0.15) is 48.3 Å². The molecule has 4 rings (SSSR count). The SMILES string of the molecule is COc1cc(F)c([C@@H]2CCC(=O)[C@H]2NC(=O)NC2(c3ccc(C)c(Cl)c3)CC2)c(F)c1. The Labute approximate surface area is 184 Å². The summed E-state index contributed by atoms with van der Waals surface area (Å²) in [7, 11) is 1.32. The highest BCUT2D eigenvalue weighted by Gasteiger charge is 2.47. The Bertz CT molecular complexity index is 1030. The van der Waals surface area contributed by atoms with Crippen LogP contribution in [0.25, 0.3) is 0 Å². The van der Waals surface area contributed by atoms with Gasteiger partial charge in [0, 0.05) is 35.1 Å². The molecule has 2 aliphatic carbocycles. The summed E-state index contributed by atoms with van der Waals surface area (Å²) in [5.41, 5.74) is 1.08. The Morgan fingerprint density at radius 2 is 1.87 bits per heavy atom. The lowest BCUT2D eigenvalue weighted by Gasteiger charge is -2.24. The summed E-state index contributed by atoms with van der Waals surface area (Å²) in [4.78, 5) is 25.2. The van der Waals surface area contributed by atoms with Crippen molar-refractivity contribution < 1.29 is 23.1 Å². The van der Waals surface area contributed by atoms with Crippen molar-refractivity contribution >= 4 is 23.4 Å². The van der Waals surface area contributed by atoms with Gasteiger partial charge in [-0.2, -0.15) is 0 Å². The van der Waals surface area contributed by atoms with Crippen molar-refractivity contribution in [2.75, 3.05) is 7.11 Å². The summed E-state index contributed by atoms with van der Waals surface area (Å²) in [6, 6.07) is 6.25. The maximum Gasteiger partial charge on any atom is 0.316 e. The number of nitrogens with one attached hydrogen (secondary N) is 2. The van der Waals surface area contributed by atoms with Gasteiger partial charge in [0.2, 0.25) is 0 Å². The van der Waals surface area contributed by atoms with E-state index in [0.717, 1.165) is 36.1 Å². The number of hydrogen-bond donors (Lipinski definition) is 2. The first kappa shape index (κ1) is 21.6. The minimum Gasteiger partial charge on any atom is -0.497 e. The van der Waals surface area contributed by atoms with Crippen LogP contribution in [-0.2, 0) is 10.3 Å². The van der Waals surface area contributed by atoms with Crippen LogP contribution in [0.2, 0.25) is 5.02 Å². The Morgan fingerprint density at radius 1 is 1.19 bits per heavy atom. The lowest BCUT2D eigenvalue weighted by molar-refractivity contribution is -0.119. The zero-order valence-corrected chi connectivity index (χ0v) is 18.0. The third-order valence-electron chi connectivity index (χ3n) is 6.22. The molecule has 0 heterocycles. The number of ether oxygens (including phenoxy) is 1. The van der Waals surface area contributed by atoms with Gasteiger partial charge in [-0.05, 0) is 43.4 Å². The number of benzene rings is 2. The van der Waals surface area contributed by atoms with Crippen LogP contribution in [0, 0.1) is 18.6 Å². The molecule has 0 spiro atoms. The molecule has 2 N–H and O–H groups in total. The van der Waals surface area contributed by atoms with Crippen molar-refractivity contribution in [3.8, 4) is 5.75 Å². The average Bonchev–Trinajstić information content (AvgIpc) is 3.42. The van der Waals surface area contributed by atoms with Crippen molar-refractivity contribution in [3.05, 3.63) is 63.7 Å². The maximum absolute atomic E-state index is 14.6. The maximum atomic E-state index is 14.6. The summed E-state index contributed by atoms with van der Waals surface area (Å²) in [5.74, 6) is -2.57. The Kier molecular flexibility index (Phi) is 5.64. The molecule has 2 aromatic rings. The molecule has 2 amide bonds. The molecular weight excluding hydrogens is 426 g/mol. The Morgan fingerprint density at radius 3 is 2.45 bits per heavy atom. The molecule has 164 valence electrons. The standard InChI is InChI=1S/C23H23ClF2N2O3/c1-12-3-4-13(9-16(12)24)23(7-8-23)28-22(30)27-21-15(5-6-19(21)29)20-17(25)10-14(31-2)11-18(20)26/h3-4,9-11,15,21H,5-8H2,1-2H3,(H2,27,28,30)/t15-,21-/m0/s1. The Hall–Kier alpha value is -2.67. The van der Waals surface area contributed by atoms with Crippen molar-refractivity contribution in [1.29, 1.82) is 0 Å². The van der Waals surface area contributed by atoms with Gasteiger partial charge in [0.05, 0.1) is 18.7 Å². The highest BCUT2D eigenvalue weighted by Crippen LogP contribution is 2.46. The Balaban J connectivity index is 1.52. The molecule has 0 aliphatic heterocycles. The van der Waals surface area contributed by atoms with E-state index in [1.165, 1.54) is 7.11 Å². The number of carbonyl (C=O) groups is 2. The van der Waals surface area contributed by atoms with Crippen molar-refractivity contribution in [2.45, 2.75) is 50.1 Å². The van der Waals surface area contributed by atoms with Crippen LogP contribution in [0.15, 0.2) is 30.3 Å². The van der Waals surface area contributed by atoms with Crippen LogP contribution in [0.3, 0.4) is 0 Å². The molecule has 0 aromatic heterocycles. The van der Waals surface area contributed by atoms with Crippen molar-refractivity contribution in [1.82, 2.24) is 10.6 Å². The quantitative estimate of drug-likeness (QED) is 0.694. The number of ketones is 1. The van der Waals surface area contributed by atoms with Gasteiger partial charge in [0.25, 0.3) is 0 Å². The van der Waals surface area contributed by atoms with Crippen LogP contribution >= 0.6 is 11.6 Å². The van der Waals surface area contributed by atoms with E-state index < -0.39 is 35.2 Å². The number of aryl methyl sites for hydroxylation is 1. The van der Waals surface area contributed by atoms with Crippen LogP contribution in [-0.4, -0.2) is 25.0 Å². The predicted molar refractivity (Wildman–Crippen MR) is 112 cm³/mol. The van der Waals surface area contributed by atoms with Gasteiger partial charge in [0.15, 0.2) is 5.78 Å². The molecular formula is C23H23ClF2N2O3. The van der Waals surface area contributed by atoms with Gasteiger partial charge < -0.3 is 15.4 Å². The molecule has 2 aliphatic rings. The summed E-state index contributed by atoms with van der Waals surface area (Å²) in [6.45, 7) is 1.90. The number of hydrogen-bond acceptors (Lipinski definition) is 3. The molecule has 0 radical (unpaired) electrons. The van der Waals surface area contributed by atoms with Crippen LogP contribution < -0.4 is 15.4 Å². The van der Waals surface area contributed by atoms with E-state index in [-0.39, 0.29) is 29.9 Å². The zero-order chi connectivity index (χ0) is 22.3. The summed E-state index contributed by atoms with van der Waals surface area (Å²) < 4.78 is 34.1. The van der Waals surface area contributed by atoms with Gasteiger partial charge in [-0.25, -0.2) is 13.6 Å². The molecule has 2 atom stereocenters. The van der Waals surface area contributed by atoms with E-state index in [0.29, 0.717) is 5.02 Å². The van der Waals surface area contributed by atoms with Crippen molar-refractivity contribution in [3.63, 3.8) is 0 Å². The normalized spacial score (nSPS) is 21.6. The molecule has 5 nitrogen and oxygen atoms in total. The summed E-state index contributed by atoms with van der Waals surface area (Å²) >= 11 is 6.23. The van der Waals surface area contributed by atoms with Gasteiger partial charge in [0.1, 0.15) is 17.4 Å². The second-order valence-corrected chi connectivity index (χ2v) is 8.65. The van der Waals surface area contributed by atoms with E-state index in [1.54, 1.807) is 0 Å². The van der Waals surface area contributed by atoms with Crippen LogP contribution in [0.5, 0.6) is 5.75 Å². The van der Waals surface area contributed by atoms with Gasteiger partial charge in [-0.1, -0.05) is 23.7 Å². The smallest absolute Gasteiger partial charge is 0.316 e. The molecule has 31 heavy (non-hydrogen) atoms. The van der Waals surface area contributed by atoms with Crippen molar-refractivity contribution in [2.24, 2.45) is 0 Å². The highest BCUT2D eigenvalue weighted by molar-refractivity contribution is 6.31. The number of urea groups is 1. The fourth-order valence-electron chi connectivity index (χ4n) is 4.27. The number of carbonyl (C=O) groups excluding carboxylic acids is 2. The minimum absolute atomic E-state index is 0.0535. The molecule has 2 aromatic carbocycles. The highest BCUT2D eigenvalue weighted by atomic mass is 35.5. The minimum atomic E-state index is -1.00. The molecule has 0 saturated heterocycles. The molecule has 0 unspecified atom stereocenters. The van der Waals surface area contributed by atoms with Crippen LogP contribution in [0.4, 0.5) is 13.6 Å². The third-order valence-corrected chi connectivity index (χ3v) is 6.63. The van der Waals surface area contributed by atoms with Gasteiger partial charge in [-0.3, -0.25) is 4.79 Å². The number of amides is 2. The lowest BCUT2D eigenvalue weighted by Crippen LogP contribution is -2.49. The first-order valence-electron chi connectivity index (χ1n) is 10.1. The average molecular weight is 449 g/mol. The molecule has 2 saturated carbocycles. The number of methoxy groups -OCH3 is 1. The summed E-state index contributed by atoms with van der Waals surface area (Å²) in [6.07, 6.45) is 1.87. The molecule has 2 fully saturated rings. The largest absolute Gasteiger partial charge is 0.497 e. The zero-order valence-electron chi connectivity index (χ0n) is 17.2. The monoisotopic (exact) mass is 448 g/mol. The number of rotatable bonds is 5.